The topological polar surface area (TPSA) is 95.5 Å². The highest BCUT2D eigenvalue weighted by molar-refractivity contribution is 5.85. The molecule has 112 valence electrons. The number of para-hydroxylation sites is 1. The summed E-state index contributed by atoms with van der Waals surface area (Å²) in [4.78, 5) is 21.0. The van der Waals surface area contributed by atoms with Crippen molar-refractivity contribution in [2.75, 3.05) is 6.61 Å². The molecule has 1 aromatic carbocycles. The molecule has 0 spiro atoms. The van der Waals surface area contributed by atoms with Gasteiger partial charge in [0.1, 0.15) is 6.04 Å². The van der Waals surface area contributed by atoms with E-state index >= 15 is 0 Å². The third-order valence-corrected chi connectivity index (χ3v) is 2.41. The van der Waals surface area contributed by atoms with Crippen LogP contribution in [0.3, 0.4) is 0 Å². The predicted octanol–water partition coefficient (Wildman–Crippen LogP) is 2.21. The number of alkyl halides is 2. The van der Waals surface area contributed by atoms with E-state index in [1.54, 1.807) is 0 Å². The molecule has 0 saturated carbocycles. The van der Waals surface area contributed by atoms with Crippen molar-refractivity contribution in [2.24, 2.45) is 5.73 Å². The van der Waals surface area contributed by atoms with E-state index in [4.69, 9.17) is 5.73 Å². The van der Waals surface area contributed by atoms with Crippen molar-refractivity contribution in [1.29, 1.82) is 0 Å². The number of halogens is 3. The fourth-order valence-electron chi connectivity index (χ4n) is 1.47. The summed E-state index contributed by atoms with van der Waals surface area (Å²) in [6.45, 7) is 1.13. The molecule has 0 aliphatic carbocycles. The van der Waals surface area contributed by atoms with E-state index < -0.39 is 34.1 Å². The Morgan fingerprint density at radius 2 is 2.05 bits per heavy atom. The monoisotopic (exact) mass is 310 g/mol. The molecule has 20 heavy (non-hydrogen) atoms. The lowest BCUT2D eigenvalue weighted by Gasteiger charge is -2.21. The number of benzene rings is 1. The summed E-state index contributed by atoms with van der Waals surface area (Å²) in [5.41, 5.74) is 4.29. The first kappa shape index (κ1) is 18.2. The standard InChI is InChI=1S/C11H12F2N2O4.ClH/c1-2-19-10(16)11(12,13)9(14)7-5-3-4-6-8(7)15(17)18;/h3-6,9H,2,14H2,1H3;1H/t9-;/m1./s1. The molecule has 0 unspecified atom stereocenters. The molecule has 1 aromatic rings. The number of carbonyl (C=O) groups excluding carboxylic acids is 1. The lowest BCUT2D eigenvalue weighted by atomic mass is 9.99. The Labute approximate surface area is 119 Å². The zero-order chi connectivity index (χ0) is 14.6. The number of esters is 1. The molecular weight excluding hydrogens is 298 g/mol. The summed E-state index contributed by atoms with van der Waals surface area (Å²) in [6, 6.07) is 2.61. The van der Waals surface area contributed by atoms with Crippen LogP contribution in [-0.4, -0.2) is 23.4 Å². The van der Waals surface area contributed by atoms with Gasteiger partial charge < -0.3 is 10.5 Å². The Morgan fingerprint density at radius 1 is 1.50 bits per heavy atom. The first-order chi connectivity index (χ1) is 8.82. The van der Waals surface area contributed by atoms with Crippen LogP contribution in [0.15, 0.2) is 24.3 Å². The zero-order valence-electron chi connectivity index (χ0n) is 10.4. The van der Waals surface area contributed by atoms with Gasteiger partial charge in [0, 0.05) is 6.07 Å². The normalized spacial score (nSPS) is 12.2. The van der Waals surface area contributed by atoms with Gasteiger partial charge in [-0.1, -0.05) is 18.2 Å². The van der Waals surface area contributed by atoms with Crippen LogP contribution in [0.25, 0.3) is 0 Å². The highest BCUT2D eigenvalue weighted by Gasteiger charge is 2.49. The number of carbonyl (C=O) groups is 1. The van der Waals surface area contributed by atoms with E-state index in [1.165, 1.54) is 19.1 Å². The number of nitrogens with zero attached hydrogens (tertiary/aromatic N) is 1. The van der Waals surface area contributed by atoms with Crippen molar-refractivity contribution in [3.8, 4) is 0 Å². The van der Waals surface area contributed by atoms with Gasteiger partial charge in [0.05, 0.1) is 17.1 Å². The molecule has 0 saturated heterocycles. The summed E-state index contributed by atoms with van der Waals surface area (Å²) >= 11 is 0. The Balaban J connectivity index is 0.00000361. The lowest BCUT2D eigenvalue weighted by molar-refractivity contribution is -0.386. The SMILES string of the molecule is CCOC(=O)C(F)(F)[C@H](N)c1ccccc1[N+](=O)[O-].Cl. The average molecular weight is 311 g/mol. The van der Waals surface area contributed by atoms with Gasteiger partial charge in [-0.15, -0.1) is 12.4 Å². The van der Waals surface area contributed by atoms with Crippen molar-refractivity contribution in [3.05, 3.63) is 39.9 Å². The fraction of sp³-hybridized carbons (Fsp3) is 0.364. The minimum atomic E-state index is -4.04. The molecule has 0 aliphatic heterocycles. The Morgan fingerprint density at radius 3 is 2.55 bits per heavy atom. The van der Waals surface area contributed by atoms with Crippen LogP contribution in [-0.2, 0) is 9.53 Å². The van der Waals surface area contributed by atoms with Gasteiger partial charge in [0.15, 0.2) is 0 Å². The minimum absolute atomic E-state index is 0. The molecule has 0 fully saturated rings. The first-order valence-electron chi connectivity index (χ1n) is 5.36. The van der Waals surface area contributed by atoms with Gasteiger partial charge in [-0.2, -0.15) is 8.78 Å². The van der Waals surface area contributed by atoms with E-state index in [-0.39, 0.29) is 19.0 Å². The largest absolute Gasteiger partial charge is 0.462 e. The van der Waals surface area contributed by atoms with Crippen LogP contribution < -0.4 is 5.73 Å². The van der Waals surface area contributed by atoms with Crippen molar-refractivity contribution in [3.63, 3.8) is 0 Å². The number of hydrogen-bond donors (Lipinski definition) is 1. The summed E-state index contributed by atoms with van der Waals surface area (Å²) < 4.78 is 31.6. The number of ether oxygens (including phenoxy) is 1. The Hall–Kier alpha value is -1.80. The second-order valence-electron chi connectivity index (χ2n) is 3.64. The highest BCUT2D eigenvalue weighted by Crippen LogP contribution is 2.35. The smallest absolute Gasteiger partial charge is 0.379 e. The number of nitro groups is 1. The van der Waals surface area contributed by atoms with Crippen molar-refractivity contribution in [2.45, 2.75) is 18.9 Å². The predicted molar refractivity (Wildman–Crippen MR) is 68.9 cm³/mol. The van der Waals surface area contributed by atoms with Crippen LogP contribution in [0.5, 0.6) is 0 Å². The van der Waals surface area contributed by atoms with Gasteiger partial charge in [0.2, 0.25) is 0 Å². The summed E-state index contributed by atoms with van der Waals surface area (Å²) in [5, 5.41) is 10.7. The molecule has 1 rings (SSSR count). The van der Waals surface area contributed by atoms with Crippen molar-refractivity contribution < 1.29 is 23.2 Å². The molecule has 1 atom stereocenters. The summed E-state index contributed by atoms with van der Waals surface area (Å²) in [7, 11) is 0. The molecule has 0 bridgehead atoms. The molecule has 0 heterocycles. The summed E-state index contributed by atoms with van der Waals surface area (Å²) in [6.07, 6.45) is 0. The first-order valence-corrected chi connectivity index (χ1v) is 5.36. The third kappa shape index (κ3) is 3.61. The van der Waals surface area contributed by atoms with Gasteiger partial charge in [-0.3, -0.25) is 10.1 Å². The van der Waals surface area contributed by atoms with Gasteiger partial charge >= 0.3 is 11.9 Å². The molecule has 2 N–H and O–H groups in total. The maximum Gasteiger partial charge on any atom is 0.379 e. The van der Waals surface area contributed by atoms with Crippen LogP contribution in [0.2, 0.25) is 0 Å². The second kappa shape index (κ2) is 7.11. The summed E-state index contributed by atoms with van der Waals surface area (Å²) in [5.74, 6) is -5.84. The van der Waals surface area contributed by atoms with Crippen LogP contribution in [0, 0.1) is 10.1 Å². The third-order valence-electron chi connectivity index (χ3n) is 2.41. The average Bonchev–Trinajstić information content (AvgIpc) is 2.38. The van der Waals surface area contributed by atoms with Crippen molar-refractivity contribution in [1.82, 2.24) is 0 Å². The van der Waals surface area contributed by atoms with E-state index in [0.29, 0.717) is 0 Å². The van der Waals surface area contributed by atoms with E-state index in [1.807, 2.05) is 0 Å². The fourth-order valence-corrected chi connectivity index (χ4v) is 1.47. The van der Waals surface area contributed by atoms with E-state index in [0.717, 1.165) is 12.1 Å². The van der Waals surface area contributed by atoms with Gasteiger partial charge in [0.25, 0.3) is 5.69 Å². The van der Waals surface area contributed by atoms with Crippen molar-refractivity contribution >= 4 is 24.1 Å². The maximum absolute atomic E-state index is 13.7. The second-order valence-corrected chi connectivity index (χ2v) is 3.64. The Bertz CT molecular complexity index is 499. The number of rotatable bonds is 5. The quantitative estimate of drug-likeness (QED) is 0.511. The van der Waals surface area contributed by atoms with E-state index in [9.17, 15) is 23.7 Å². The molecule has 0 amide bonds. The number of nitro benzene ring substituents is 1. The highest BCUT2D eigenvalue weighted by atomic mass is 35.5. The van der Waals surface area contributed by atoms with Gasteiger partial charge in [-0.25, -0.2) is 4.79 Å². The van der Waals surface area contributed by atoms with E-state index in [2.05, 4.69) is 4.74 Å². The molecule has 6 nitrogen and oxygen atoms in total. The maximum atomic E-state index is 13.7. The number of hydrogen-bond acceptors (Lipinski definition) is 5. The minimum Gasteiger partial charge on any atom is -0.462 e. The van der Waals surface area contributed by atoms with Crippen LogP contribution in [0.1, 0.15) is 18.5 Å². The molecular formula is C11H13ClF2N2O4. The number of nitrogens with two attached hydrogens (primary N) is 1. The molecule has 0 radical (unpaired) electrons. The molecule has 0 aromatic heterocycles. The molecule has 9 heteroatoms. The van der Waals surface area contributed by atoms with Gasteiger partial charge in [-0.05, 0) is 6.92 Å². The van der Waals surface area contributed by atoms with Crippen LogP contribution >= 0.6 is 12.4 Å². The lowest BCUT2D eigenvalue weighted by Crippen LogP contribution is -2.42. The zero-order valence-corrected chi connectivity index (χ0v) is 11.2. The Kier molecular flexibility index (Phi) is 6.47. The van der Waals surface area contributed by atoms with Crippen LogP contribution in [0.4, 0.5) is 14.5 Å². The molecule has 0 aliphatic rings.